The topological polar surface area (TPSA) is 74.8 Å². The zero-order chi connectivity index (χ0) is 18.5. The molecule has 1 fully saturated rings. The van der Waals surface area contributed by atoms with Crippen LogP contribution in [0.2, 0.25) is 0 Å². The van der Waals surface area contributed by atoms with Crippen LogP contribution in [0.4, 0.5) is 5.69 Å². The number of para-hydroxylation sites is 1. The molecule has 1 amide bonds. The number of carbonyl (C=O) groups is 1. The number of hydrogen-bond donors (Lipinski definition) is 0. The Morgan fingerprint density at radius 3 is 2.69 bits per heavy atom. The highest BCUT2D eigenvalue weighted by molar-refractivity contribution is 7.99. The highest BCUT2D eigenvalue weighted by Crippen LogP contribution is 2.40. The third kappa shape index (κ3) is 4.25. The molecular formula is C19H23N5OS. The van der Waals surface area contributed by atoms with Gasteiger partial charge in [0.1, 0.15) is 5.82 Å². The fraction of sp³-hybridized carbons (Fsp3) is 0.474. The van der Waals surface area contributed by atoms with Gasteiger partial charge in [0, 0.05) is 24.2 Å². The summed E-state index contributed by atoms with van der Waals surface area (Å²) in [6.45, 7) is 4.62. The first-order valence-corrected chi connectivity index (χ1v) is 9.90. The number of amides is 1. The van der Waals surface area contributed by atoms with Crippen molar-refractivity contribution in [2.45, 2.75) is 50.2 Å². The van der Waals surface area contributed by atoms with Gasteiger partial charge in [-0.05, 0) is 25.0 Å². The van der Waals surface area contributed by atoms with Crippen molar-refractivity contribution >= 4 is 23.4 Å². The number of anilines is 1. The van der Waals surface area contributed by atoms with Crippen LogP contribution in [0.3, 0.4) is 0 Å². The maximum Gasteiger partial charge on any atom is 0.237 e. The zero-order valence-electron chi connectivity index (χ0n) is 15.1. The van der Waals surface area contributed by atoms with E-state index in [9.17, 15) is 4.79 Å². The van der Waals surface area contributed by atoms with Crippen molar-refractivity contribution in [3.05, 3.63) is 36.2 Å². The van der Waals surface area contributed by atoms with Crippen molar-refractivity contribution in [2.75, 3.05) is 17.2 Å². The van der Waals surface area contributed by atoms with E-state index in [2.05, 4.69) is 34.7 Å². The van der Waals surface area contributed by atoms with Gasteiger partial charge in [-0.3, -0.25) is 4.79 Å². The maximum atomic E-state index is 12.8. The van der Waals surface area contributed by atoms with Crippen LogP contribution in [0.1, 0.15) is 50.9 Å². The van der Waals surface area contributed by atoms with Crippen LogP contribution in [-0.2, 0) is 4.79 Å². The van der Waals surface area contributed by atoms with Crippen molar-refractivity contribution in [1.82, 2.24) is 14.8 Å². The van der Waals surface area contributed by atoms with E-state index in [1.807, 2.05) is 30.3 Å². The minimum absolute atomic E-state index is 0.0205. The highest BCUT2D eigenvalue weighted by Gasteiger charge is 2.30. The molecule has 2 aromatic rings. The van der Waals surface area contributed by atoms with Gasteiger partial charge in [-0.1, -0.05) is 43.8 Å². The van der Waals surface area contributed by atoms with Gasteiger partial charge in [-0.25, -0.2) is 0 Å². The average molecular weight is 369 g/mol. The largest absolute Gasteiger partial charge is 0.311 e. The molecule has 0 N–H and O–H groups in total. The first-order chi connectivity index (χ1) is 12.6. The molecule has 136 valence electrons. The van der Waals surface area contributed by atoms with E-state index in [1.165, 1.54) is 11.8 Å². The second-order valence-electron chi connectivity index (χ2n) is 6.67. The summed E-state index contributed by atoms with van der Waals surface area (Å²) in [6, 6.07) is 12.1. The summed E-state index contributed by atoms with van der Waals surface area (Å²) in [5.41, 5.74) is 0.819. The number of rotatable bonds is 8. The minimum Gasteiger partial charge on any atom is -0.311 e. The van der Waals surface area contributed by atoms with Crippen molar-refractivity contribution in [3.8, 4) is 6.07 Å². The van der Waals surface area contributed by atoms with Crippen LogP contribution in [0.5, 0.6) is 0 Å². The monoisotopic (exact) mass is 369 g/mol. The Hall–Kier alpha value is -2.33. The van der Waals surface area contributed by atoms with Gasteiger partial charge >= 0.3 is 0 Å². The molecule has 0 spiro atoms. The molecule has 0 aliphatic heterocycles. The first kappa shape index (κ1) is 18.5. The van der Waals surface area contributed by atoms with Crippen LogP contribution < -0.4 is 4.90 Å². The second kappa shape index (κ2) is 8.37. The fourth-order valence-electron chi connectivity index (χ4n) is 2.83. The lowest BCUT2D eigenvalue weighted by atomic mass is 10.2. The molecule has 1 aromatic heterocycles. The molecule has 1 aliphatic carbocycles. The Kier molecular flexibility index (Phi) is 5.94. The van der Waals surface area contributed by atoms with Gasteiger partial charge in [0.25, 0.3) is 0 Å². The Labute approximate surface area is 158 Å². The van der Waals surface area contributed by atoms with Crippen LogP contribution in [0, 0.1) is 11.3 Å². The second-order valence-corrected chi connectivity index (χ2v) is 7.62. The normalized spacial score (nSPS) is 13.6. The lowest BCUT2D eigenvalue weighted by Crippen LogP contribution is -2.33. The van der Waals surface area contributed by atoms with Crippen LogP contribution in [-0.4, -0.2) is 33.0 Å². The molecule has 7 heteroatoms. The molecule has 0 bridgehead atoms. The molecular weight excluding hydrogens is 346 g/mol. The van der Waals surface area contributed by atoms with E-state index in [0.717, 1.165) is 29.5 Å². The lowest BCUT2D eigenvalue weighted by Gasteiger charge is -2.21. The molecule has 3 rings (SSSR count). The molecule has 0 unspecified atom stereocenters. The fourth-order valence-corrected chi connectivity index (χ4v) is 3.72. The van der Waals surface area contributed by atoms with Crippen molar-refractivity contribution < 1.29 is 4.79 Å². The summed E-state index contributed by atoms with van der Waals surface area (Å²) in [5, 5.41) is 18.4. The van der Waals surface area contributed by atoms with E-state index in [1.54, 1.807) is 4.90 Å². The van der Waals surface area contributed by atoms with Crippen LogP contribution in [0.25, 0.3) is 0 Å². The van der Waals surface area contributed by atoms with Crippen LogP contribution in [0.15, 0.2) is 35.5 Å². The standard InChI is InChI=1S/C19H23N5OS/c1-14(2)18-21-22-19(24(18)16-9-10-16)26-13-17(25)23(12-6-11-20)15-7-4-3-5-8-15/h3-5,7-8,14,16H,6,9-10,12-13H2,1-2H3. The SMILES string of the molecule is CC(C)c1nnc(SCC(=O)N(CCC#N)c2ccccc2)n1C1CC1. The average Bonchev–Trinajstić information content (AvgIpc) is 3.39. The molecule has 1 heterocycles. The van der Waals surface area contributed by atoms with Crippen molar-refractivity contribution in [2.24, 2.45) is 0 Å². The van der Waals surface area contributed by atoms with Gasteiger partial charge in [0.2, 0.25) is 5.91 Å². The van der Waals surface area contributed by atoms with E-state index < -0.39 is 0 Å². The minimum atomic E-state index is -0.0205. The Morgan fingerprint density at radius 1 is 1.35 bits per heavy atom. The summed E-state index contributed by atoms with van der Waals surface area (Å²) in [5.74, 6) is 1.56. The summed E-state index contributed by atoms with van der Waals surface area (Å²) >= 11 is 1.43. The number of aromatic nitrogens is 3. The van der Waals surface area contributed by atoms with Gasteiger partial charge in [-0.2, -0.15) is 5.26 Å². The molecule has 1 aromatic carbocycles. The first-order valence-electron chi connectivity index (χ1n) is 8.91. The number of nitriles is 1. The third-order valence-electron chi connectivity index (χ3n) is 4.26. The van der Waals surface area contributed by atoms with E-state index in [0.29, 0.717) is 24.9 Å². The van der Waals surface area contributed by atoms with Gasteiger partial charge in [0.05, 0.1) is 18.2 Å². The summed E-state index contributed by atoms with van der Waals surface area (Å²) in [6.07, 6.45) is 2.61. The highest BCUT2D eigenvalue weighted by atomic mass is 32.2. The van der Waals surface area contributed by atoms with Gasteiger partial charge < -0.3 is 9.47 Å². The summed E-state index contributed by atoms with van der Waals surface area (Å²) in [4.78, 5) is 14.5. The zero-order valence-corrected chi connectivity index (χ0v) is 15.9. The van der Waals surface area contributed by atoms with Crippen molar-refractivity contribution in [3.63, 3.8) is 0 Å². The lowest BCUT2D eigenvalue weighted by molar-refractivity contribution is -0.116. The van der Waals surface area contributed by atoms with E-state index in [-0.39, 0.29) is 11.7 Å². The summed E-state index contributed by atoms with van der Waals surface area (Å²) < 4.78 is 2.20. The smallest absolute Gasteiger partial charge is 0.237 e. The number of benzene rings is 1. The Bertz CT molecular complexity index is 792. The molecule has 1 aliphatic rings. The molecule has 1 saturated carbocycles. The maximum absolute atomic E-state index is 12.8. The predicted octanol–water partition coefficient (Wildman–Crippen LogP) is 3.78. The quantitative estimate of drug-likeness (QED) is 0.662. The van der Waals surface area contributed by atoms with E-state index in [4.69, 9.17) is 5.26 Å². The number of hydrogen-bond acceptors (Lipinski definition) is 5. The summed E-state index contributed by atoms with van der Waals surface area (Å²) in [7, 11) is 0. The molecule has 6 nitrogen and oxygen atoms in total. The Balaban J connectivity index is 1.72. The number of thioether (sulfide) groups is 1. The molecule has 0 saturated heterocycles. The van der Waals surface area contributed by atoms with Gasteiger partial charge in [-0.15, -0.1) is 10.2 Å². The molecule has 0 atom stereocenters. The predicted molar refractivity (Wildman–Crippen MR) is 102 cm³/mol. The van der Waals surface area contributed by atoms with Crippen LogP contribution >= 0.6 is 11.8 Å². The number of carbonyl (C=O) groups excluding carboxylic acids is 1. The van der Waals surface area contributed by atoms with E-state index >= 15 is 0 Å². The molecule has 0 radical (unpaired) electrons. The number of nitrogens with zero attached hydrogens (tertiary/aromatic N) is 5. The Morgan fingerprint density at radius 2 is 2.08 bits per heavy atom. The third-order valence-corrected chi connectivity index (χ3v) is 5.19. The van der Waals surface area contributed by atoms with Gasteiger partial charge in [0.15, 0.2) is 5.16 Å². The molecule has 26 heavy (non-hydrogen) atoms. The van der Waals surface area contributed by atoms with Crippen molar-refractivity contribution in [1.29, 1.82) is 5.26 Å².